The molecular weight excluding hydrogens is 222 g/mol. The van der Waals surface area contributed by atoms with E-state index in [1.54, 1.807) is 0 Å². The molecule has 1 aliphatic heterocycles. The Hall–Kier alpha value is -1.09. The van der Waals surface area contributed by atoms with Crippen molar-refractivity contribution in [2.45, 2.75) is 50.5 Å². The van der Waals surface area contributed by atoms with Gasteiger partial charge >= 0.3 is 0 Å². The summed E-state index contributed by atoms with van der Waals surface area (Å²) >= 11 is 0. The summed E-state index contributed by atoms with van der Waals surface area (Å²) in [5, 5.41) is 3.46. The van der Waals surface area contributed by atoms with Gasteiger partial charge in [-0.05, 0) is 52.1 Å². The number of hydrogen-bond donors (Lipinski definition) is 1. The first kappa shape index (κ1) is 12.0. The summed E-state index contributed by atoms with van der Waals surface area (Å²) in [6.45, 7) is 4.63. The van der Waals surface area contributed by atoms with Crippen LogP contribution < -0.4 is 5.32 Å². The number of piperidine rings is 1. The number of nitrogens with one attached hydrogen (secondary N) is 1. The molecule has 0 radical (unpaired) electrons. The topological polar surface area (TPSA) is 29.9 Å². The molecule has 3 rings (SSSR count). The molecule has 0 aromatic carbocycles. The van der Waals surface area contributed by atoms with Crippen LogP contribution in [-0.2, 0) is 5.54 Å². The molecule has 1 fully saturated rings. The SMILES string of the molecule is CC1(n2ccnc2C2CC=CCC2)CCNCC1. The van der Waals surface area contributed by atoms with Gasteiger partial charge in [0.1, 0.15) is 5.82 Å². The molecule has 1 unspecified atom stereocenters. The number of allylic oxidation sites excluding steroid dienone is 2. The number of hydrogen-bond acceptors (Lipinski definition) is 2. The van der Waals surface area contributed by atoms with Gasteiger partial charge in [0, 0.05) is 23.9 Å². The Labute approximate surface area is 109 Å². The second kappa shape index (κ2) is 4.88. The van der Waals surface area contributed by atoms with Gasteiger partial charge in [-0.15, -0.1) is 0 Å². The minimum Gasteiger partial charge on any atom is -0.329 e. The highest BCUT2D eigenvalue weighted by atomic mass is 15.1. The van der Waals surface area contributed by atoms with Crippen molar-refractivity contribution in [2.24, 2.45) is 0 Å². The Morgan fingerprint density at radius 3 is 2.89 bits per heavy atom. The van der Waals surface area contributed by atoms with Crippen LogP contribution in [-0.4, -0.2) is 22.6 Å². The summed E-state index contributed by atoms with van der Waals surface area (Å²) in [7, 11) is 0. The van der Waals surface area contributed by atoms with Gasteiger partial charge in [-0.3, -0.25) is 0 Å². The number of aromatic nitrogens is 2. The molecule has 1 N–H and O–H groups in total. The van der Waals surface area contributed by atoms with E-state index in [9.17, 15) is 0 Å². The zero-order valence-corrected chi connectivity index (χ0v) is 11.2. The van der Waals surface area contributed by atoms with Gasteiger partial charge in [0.25, 0.3) is 0 Å². The number of imidazole rings is 1. The van der Waals surface area contributed by atoms with Gasteiger partial charge in [-0.25, -0.2) is 4.98 Å². The predicted octanol–water partition coefficient (Wildman–Crippen LogP) is 2.81. The fourth-order valence-corrected chi connectivity index (χ4v) is 3.31. The van der Waals surface area contributed by atoms with Gasteiger partial charge in [-0.1, -0.05) is 12.2 Å². The molecule has 0 amide bonds. The standard InChI is InChI=1S/C15H23N3/c1-15(7-9-16-10-8-15)18-12-11-17-14(18)13-5-3-2-4-6-13/h2-3,11-13,16H,4-10H2,1H3. The third kappa shape index (κ3) is 2.12. The highest BCUT2D eigenvalue weighted by Gasteiger charge is 2.32. The van der Waals surface area contributed by atoms with E-state index < -0.39 is 0 Å². The average molecular weight is 245 g/mol. The molecule has 1 aromatic heterocycles. The highest BCUT2D eigenvalue weighted by molar-refractivity contribution is 5.10. The van der Waals surface area contributed by atoms with Crippen LogP contribution in [0, 0.1) is 0 Å². The summed E-state index contributed by atoms with van der Waals surface area (Å²) in [6.07, 6.45) is 14.8. The van der Waals surface area contributed by atoms with Gasteiger partial charge in [0.15, 0.2) is 0 Å². The first-order valence-electron chi connectivity index (χ1n) is 7.19. The van der Waals surface area contributed by atoms with Gasteiger partial charge in [0.2, 0.25) is 0 Å². The number of rotatable bonds is 2. The van der Waals surface area contributed by atoms with Crippen LogP contribution in [0.3, 0.4) is 0 Å². The Kier molecular flexibility index (Phi) is 3.25. The summed E-state index contributed by atoms with van der Waals surface area (Å²) in [5.41, 5.74) is 0.262. The Balaban J connectivity index is 1.88. The van der Waals surface area contributed by atoms with E-state index >= 15 is 0 Å². The molecule has 0 spiro atoms. The fourth-order valence-electron chi connectivity index (χ4n) is 3.31. The molecule has 1 saturated heterocycles. The van der Waals surface area contributed by atoms with Crippen LogP contribution in [0.5, 0.6) is 0 Å². The number of nitrogens with zero attached hydrogens (tertiary/aromatic N) is 2. The maximum absolute atomic E-state index is 4.67. The van der Waals surface area contributed by atoms with Crippen LogP contribution in [0.2, 0.25) is 0 Å². The summed E-state index contributed by atoms with van der Waals surface area (Å²) in [6, 6.07) is 0. The van der Waals surface area contributed by atoms with Crippen molar-refractivity contribution in [1.82, 2.24) is 14.9 Å². The van der Waals surface area contributed by atoms with Crippen molar-refractivity contribution < 1.29 is 0 Å². The van der Waals surface area contributed by atoms with Crippen LogP contribution in [0.1, 0.15) is 50.8 Å². The first-order valence-corrected chi connectivity index (χ1v) is 7.19. The summed E-state index contributed by atoms with van der Waals surface area (Å²) in [4.78, 5) is 4.67. The molecule has 18 heavy (non-hydrogen) atoms. The quantitative estimate of drug-likeness (QED) is 0.812. The molecule has 0 bridgehead atoms. The predicted molar refractivity (Wildman–Crippen MR) is 73.7 cm³/mol. The minimum absolute atomic E-state index is 0.262. The minimum atomic E-state index is 0.262. The molecular formula is C15H23N3. The lowest BCUT2D eigenvalue weighted by Crippen LogP contribution is -2.42. The van der Waals surface area contributed by atoms with Crippen molar-refractivity contribution in [2.75, 3.05) is 13.1 Å². The van der Waals surface area contributed by atoms with E-state index in [1.165, 1.54) is 31.5 Å². The van der Waals surface area contributed by atoms with E-state index in [1.807, 2.05) is 6.20 Å². The second-order valence-electron chi connectivity index (χ2n) is 5.88. The highest BCUT2D eigenvalue weighted by Crippen LogP contribution is 2.34. The molecule has 1 atom stereocenters. The zero-order chi connectivity index (χ0) is 12.4. The zero-order valence-electron chi connectivity index (χ0n) is 11.2. The van der Waals surface area contributed by atoms with Crippen molar-refractivity contribution in [1.29, 1.82) is 0 Å². The van der Waals surface area contributed by atoms with Crippen molar-refractivity contribution in [3.05, 3.63) is 30.4 Å². The molecule has 2 heterocycles. The molecule has 3 heteroatoms. The maximum Gasteiger partial charge on any atom is 0.112 e. The van der Waals surface area contributed by atoms with Crippen LogP contribution in [0.25, 0.3) is 0 Å². The summed E-state index contributed by atoms with van der Waals surface area (Å²) in [5.74, 6) is 1.93. The normalized spacial score (nSPS) is 27.3. The molecule has 0 saturated carbocycles. The van der Waals surface area contributed by atoms with E-state index in [2.05, 4.69) is 40.1 Å². The van der Waals surface area contributed by atoms with E-state index in [-0.39, 0.29) is 5.54 Å². The van der Waals surface area contributed by atoms with E-state index in [0.29, 0.717) is 5.92 Å². The Bertz CT molecular complexity index is 427. The Morgan fingerprint density at radius 2 is 2.17 bits per heavy atom. The van der Waals surface area contributed by atoms with Crippen molar-refractivity contribution in [3.63, 3.8) is 0 Å². The van der Waals surface area contributed by atoms with Gasteiger partial charge < -0.3 is 9.88 Å². The fraction of sp³-hybridized carbons (Fsp3) is 0.667. The lowest BCUT2D eigenvalue weighted by Gasteiger charge is -2.38. The summed E-state index contributed by atoms with van der Waals surface area (Å²) < 4.78 is 2.47. The van der Waals surface area contributed by atoms with Crippen LogP contribution in [0.4, 0.5) is 0 Å². The lowest BCUT2D eigenvalue weighted by molar-refractivity contribution is 0.221. The smallest absolute Gasteiger partial charge is 0.112 e. The van der Waals surface area contributed by atoms with Crippen molar-refractivity contribution >= 4 is 0 Å². The first-order chi connectivity index (χ1) is 8.80. The van der Waals surface area contributed by atoms with Crippen molar-refractivity contribution in [3.8, 4) is 0 Å². The molecule has 98 valence electrons. The van der Waals surface area contributed by atoms with Gasteiger partial charge in [-0.2, -0.15) is 0 Å². The Morgan fingerprint density at radius 1 is 1.33 bits per heavy atom. The lowest BCUT2D eigenvalue weighted by atomic mass is 9.88. The average Bonchev–Trinajstić information content (AvgIpc) is 2.91. The molecule has 1 aromatic rings. The van der Waals surface area contributed by atoms with Crippen LogP contribution in [0.15, 0.2) is 24.5 Å². The largest absolute Gasteiger partial charge is 0.329 e. The third-order valence-electron chi connectivity index (χ3n) is 4.57. The molecule has 1 aliphatic carbocycles. The van der Waals surface area contributed by atoms with Gasteiger partial charge in [0.05, 0.1) is 0 Å². The van der Waals surface area contributed by atoms with Crippen LogP contribution >= 0.6 is 0 Å². The van der Waals surface area contributed by atoms with E-state index in [4.69, 9.17) is 0 Å². The molecule has 2 aliphatic rings. The third-order valence-corrected chi connectivity index (χ3v) is 4.57. The van der Waals surface area contributed by atoms with E-state index in [0.717, 1.165) is 19.5 Å². The second-order valence-corrected chi connectivity index (χ2v) is 5.88. The molecule has 3 nitrogen and oxygen atoms in total. The monoisotopic (exact) mass is 245 g/mol. The maximum atomic E-state index is 4.67.